The standard InChI is InChI=1S/C13H25N.H3N/c1-14(12-8-4-2-5-9-12)13-10-6-3-7-11-13;/h12-13H,2-11H2,1H3;1H3. The van der Waals surface area contributed by atoms with Crippen LogP contribution < -0.4 is 6.15 Å². The Labute approximate surface area is 95.0 Å². The van der Waals surface area contributed by atoms with Crippen LogP contribution in [0.15, 0.2) is 0 Å². The number of hydrogen-bond acceptors (Lipinski definition) is 2. The lowest BCUT2D eigenvalue weighted by Crippen LogP contribution is -2.42. The molecule has 0 aromatic rings. The van der Waals surface area contributed by atoms with Gasteiger partial charge in [0.2, 0.25) is 0 Å². The lowest BCUT2D eigenvalue weighted by atomic mass is 9.89. The second-order valence-corrected chi connectivity index (χ2v) is 5.25. The van der Waals surface area contributed by atoms with Gasteiger partial charge in [0, 0.05) is 12.1 Å². The summed E-state index contributed by atoms with van der Waals surface area (Å²) in [7, 11) is 2.38. The monoisotopic (exact) mass is 212 g/mol. The predicted octanol–water partition coefficient (Wildman–Crippen LogP) is 3.75. The Morgan fingerprint density at radius 3 is 1.33 bits per heavy atom. The van der Waals surface area contributed by atoms with Crippen LogP contribution in [0.4, 0.5) is 0 Å². The van der Waals surface area contributed by atoms with E-state index in [9.17, 15) is 0 Å². The predicted molar refractivity (Wildman–Crippen MR) is 66.5 cm³/mol. The summed E-state index contributed by atoms with van der Waals surface area (Å²) < 4.78 is 0. The van der Waals surface area contributed by atoms with Crippen LogP contribution in [-0.2, 0) is 0 Å². The maximum Gasteiger partial charge on any atom is 0.00951 e. The molecule has 2 heteroatoms. The fourth-order valence-corrected chi connectivity index (χ4v) is 3.27. The third-order valence-corrected chi connectivity index (χ3v) is 4.30. The zero-order valence-electron chi connectivity index (χ0n) is 10.4. The highest BCUT2D eigenvalue weighted by molar-refractivity contribution is 4.81. The van der Waals surface area contributed by atoms with Crippen molar-refractivity contribution in [2.45, 2.75) is 76.3 Å². The molecular weight excluding hydrogens is 184 g/mol. The molecule has 15 heavy (non-hydrogen) atoms. The quantitative estimate of drug-likeness (QED) is 0.757. The molecule has 0 spiro atoms. The molecule has 0 bridgehead atoms. The van der Waals surface area contributed by atoms with E-state index in [0.29, 0.717) is 0 Å². The number of nitrogens with zero attached hydrogens (tertiary/aromatic N) is 1. The molecule has 0 atom stereocenters. The van der Waals surface area contributed by atoms with Crippen molar-refractivity contribution in [1.29, 1.82) is 0 Å². The lowest BCUT2D eigenvalue weighted by Gasteiger charge is -2.39. The van der Waals surface area contributed by atoms with Crippen LogP contribution in [0.1, 0.15) is 64.2 Å². The minimum Gasteiger partial charge on any atom is -0.344 e. The summed E-state index contributed by atoms with van der Waals surface area (Å²) in [6.45, 7) is 0. The Balaban J connectivity index is 0.00000112. The summed E-state index contributed by atoms with van der Waals surface area (Å²) in [6.07, 6.45) is 14.7. The molecule has 90 valence electrons. The van der Waals surface area contributed by atoms with Crippen LogP contribution in [-0.4, -0.2) is 24.0 Å². The molecule has 0 aliphatic heterocycles. The molecule has 0 aromatic heterocycles. The van der Waals surface area contributed by atoms with Crippen molar-refractivity contribution in [3.63, 3.8) is 0 Å². The van der Waals surface area contributed by atoms with E-state index in [1.807, 2.05) is 0 Å². The molecule has 0 aromatic carbocycles. The van der Waals surface area contributed by atoms with E-state index < -0.39 is 0 Å². The number of hydrogen-bond donors (Lipinski definition) is 1. The summed E-state index contributed by atoms with van der Waals surface area (Å²) in [5.41, 5.74) is 0. The van der Waals surface area contributed by atoms with Crippen molar-refractivity contribution >= 4 is 0 Å². The average Bonchev–Trinajstić information content (AvgIpc) is 2.30. The van der Waals surface area contributed by atoms with Crippen molar-refractivity contribution in [2.75, 3.05) is 7.05 Å². The van der Waals surface area contributed by atoms with Gasteiger partial charge in [0.25, 0.3) is 0 Å². The Hall–Kier alpha value is -0.0800. The van der Waals surface area contributed by atoms with Gasteiger partial charge in [0.15, 0.2) is 0 Å². The van der Waals surface area contributed by atoms with Crippen LogP contribution in [0.2, 0.25) is 0 Å². The third-order valence-electron chi connectivity index (χ3n) is 4.30. The SMILES string of the molecule is CN(C1CCCCC1)C1CCCCC1.N. The fourth-order valence-electron chi connectivity index (χ4n) is 3.27. The Morgan fingerprint density at radius 1 is 0.667 bits per heavy atom. The molecule has 2 aliphatic rings. The van der Waals surface area contributed by atoms with Crippen LogP contribution in [0.5, 0.6) is 0 Å². The first-order valence-electron chi connectivity index (χ1n) is 6.60. The van der Waals surface area contributed by atoms with Crippen LogP contribution in [0.3, 0.4) is 0 Å². The molecular formula is C13H28N2. The molecule has 2 nitrogen and oxygen atoms in total. The fraction of sp³-hybridized carbons (Fsp3) is 1.00. The number of rotatable bonds is 2. The molecule has 2 saturated carbocycles. The minimum absolute atomic E-state index is 0. The second kappa shape index (κ2) is 6.49. The van der Waals surface area contributed by atoms with Crippen molar-refractivity contribution in [3.05, 3.63) is 0 Å². The summed E-state index contributed by atoms with van der Waals surface area (Å²) in [5, 5.41) is 0. The van der Waals surface area contributed by atoms with Crippen LogP contribution in [0.25, 0.3) is 0 Å². The van der Waals surface area contributed by atoms with Gasteiger partial charge in [-0.3, -0.25) is 0 Å². The maximum absolute atomic E-state index is 2.72. The maximum atomic E-state index is 2.72. The van der Waals surface area contributed by atoms with Crippen molar-refractivity contribution < 1.29 is 0 Å². The molecule has 0 unspecified atom stereocenters. The van der Waals surface area contributed by atoms with E-state index in [1.54, 1.807) is 0 Å². The van der Waals surface area contributed by atoms with E-state index in [1.165, 1.54) is 64.2 Å². The molecule has 0 heterocycles. The highest BCUT2D eigenvalue weighted by Crippen LogP contribution is 2.28. The summed E-state index contributed by atoms with van der Waals surface area (Å²) in [4.78, 5) is 2.72. The molecule has 3 N–H and O–H groups in total. The first kappa shape index (κ1) is 13.0. The van der Waals surface area contributed by atoms with Gasteiger partial charge >= 0.3 is 0 Å². The summed E-state index contributed by atoms with van der Waals surface area (Å²) >= 11 is 0. The zero-order valence-corrected chi connectivity index (χ0v) is 10.4. The van der Waals surface area contributed by atoms with Crippen LogP contribution in [0, 0.1) is 0 Å². The van der Waals surface area contributed by atoms with Gasteiger partial charge in [0.05, 0.1) is 0 Å². The zero-order chi connectivity index (χ0) is 9.80. The second-order valence-electron chi connectivity index (χ2n) is 5.25. The van der Waals surface area contributed by atoms with Gasteiger partial charge in [-0.25, -0.2) is 0 Å². The molecule has 2 rings (SSSR count). The Bertz CT molecular complexity index is 140. The van der Waals surface area contributed by atoms with E-state index >= 15 is 0 Å². The lowest BCUT2D eigenvalue weighted by molar-refractivity contribution is 0.111. The van der Waals surface area contributed by atoms with Gasteiger partial charge in [0.1, 0.15) is 0 Å². The first-order chi connectivity index (χ1) is 6.88. The molecule has 0 saturated heterocycles. The van der Waals surface area contributed by atoms with E-state index in [0.717, 1.165) is 12.1 Å². The Morgan fingerprint density at radius 2 is 1.00 bits per heavy atom. The smallest absolute Gasteiger partial charge is 0.00951 e. The van der Waals surface area contributed by atoms with Gasteiger partial charge < -0.3 is 11.1 Å². The van der Waals surface area contributed by atoms with Gasteiger partial charge in [-0.05, 0) is 32.7 Å². The first-order valence-corrected chi connectivity index (χ1v) is 6.60. The van der Waals surface area contributed by atoms with Gasteiger partial charge in [-0.1, -0.05) is 38.5 Å². The highest BCUT2D eigenvalue weighted by atomic mass is 15.2. The highest BCUT2D eigenvalue weighted by Gasteiger charge is 2.25. The van der Waals surface area contributed by atoms with E-state index in [4.69, 9.17) is 0 Å². The summed E-state index contributed by atoms with van der Waals surface area (Å²) in [5.74, 6) is 0. The topological polar surface area (TPSA) is 38.2 Å². The normalized spacial score (nSPS) is 25.2. The molecule has 0 radical (unpaired) electrons. The third kappa shape index (κ3) is 3.46. The largest absolute Gasteiger partial charge is 0.344 e. The molecule has 0 amide bonds. The van der Waals surface area contributed by atoms with Gasteiger partial charge in [-0.15, -0.1) is 0 Å². The van der Waals surface area contributed by atoms with Crippen molar-refractivity contribution in [3.8, 4) is 0 Å². The Kier molecular flexibility index (Phi) is 5.62. The van der Waals surface area contributed by atoms with E-state index in [-0.39, 0.29) is 6.15 Å². The summed E-state index contributed by atoms with van der Waals surface area (Å²) in [6, 6.07) is 1.85. The van der Waals surface area contributed by atoms with Crippen molar-refractivity contribution in [1.82, 2.24) is 11.1 Å². The minimum atomic E-state index is 0. The van der Waals surface area contributed by atoms with Crippen molar-refractivity contribution in [2.24, 2.45) is 0 Å². The molecule has 2 fully saturated rings. The van der Waals surface area contributed by atoms with E-state index in [2.05, 4.69) is 11.9 Å². The average molecular weight is 212 g/mol. The van der Waals surface area contributed by atoms with Gasteiger partial charge in [-0.2, -0.15) is 0 Å². The van der Waals surface area contributed by atoms with Crippen LogP contribution >= 0.6 is 0 Å². The molecule has 2 aliphatic carbocycles.